The maximum atomic E-state index is 5.52. The molecule has 1 unspecified atom stereocenters. The summed E-state index contributed by atoms with van der Waals surface area (Å²) in [6.07, 6.45) is 1.68. The highest BCUT2D eigenvalue weighted by Crippen LogP contribution is 2.21. The lowest BCUT2D eigenvalue weighted by molar-refractivity contribution is 0.951. The predicted octanol–water partition coefficient (Wildman–Crippen LogP) is 1.49. The molecule has 0 amide bonds. The van der Waals surface area contributed by atoms with Gasteiger partial charge in [-0.3, -0.25) is 0 Å². The van der Waals surface area contributed by atoms with E-state index >= 15 is 0 Å². The molecule has 1 aromatic heterocycles. The minimum absolute atomic E-state index is 0.104. The maximum Gasteiger partial charge on any atom is 0.0931 e. The summed E-state index contributed by atoms with van der Waals surface area (Å²) in [6, 6.07) is 6.01. The molecule has 0 saturated carbocycles. The van der Waals surface area contributed by atoms with Gasteiger partial charge in [-0.15, -0.1) is 0 Å². The second-order valence-corrected chi connectivity index (χ2v) is 3.55. The first-order valence-corrected chi connectivity index (χ1v) is 4.64. The topological polar surface area (TPSA) is 54.7 Å². The van der Waals surface area contributed by atoms with E-state index in [1.807, 2.05) is 18.2 Å². The highest BCUT2D eigenvalue weighted by Gasteiger charge is 2.05. The lowest BCUT2D eigenvalue weighted by Crippen LogP contribution is -2.06. The van der Waals surface area contributed by atoms with Gasteiger partial charge < -0.3 is 10.7 Å². The van der Waals surface area contributed by atoms with Crippen LogP contribution >= 0.6 is 12.6 Å². The van der Waals surface area contributed by atoms with Gasteiger partial charge in [-0.2, -0.15) is 12.6 Å². The largest absolute Gasteiger partial charge is 0.345 e. The summed E-state index contributed by atoms with van der Waals surface area (Å²) in [5, 5.41) is 0.104. The number of aromatic amines is 1. The van der Waals surface area contributed by atoms with Gasteiger partial charge in [-0.05, 0) is 17.7 Å². The molecule has 2 rings (SSSR count). The zero-order valence-corrected chi connectivity index (χ0v) is 7.96. The van der Waals surface area contributed by atoms with E-state index < -0.39 is 0 Å². The van der Waals surface area contributed by atoms with Crippen molar-refractivity contribution in [3.8, 4) is 0 Å². The van der Waals surface area contributed by atoms with Crippen LogP contribution in [0.3, 0.4) is 0 Å². The Hall–Kier alpha value is -1.00. The lowest BCUT2D eigenvalue weighted by Gasteiger charge is -2.06. The Morgan fingerprint density at radius 2 is 2.38 bits per heavy atom. The van der Waals surface area contributed by atoms with Crippen molar-refractivity contribution in [3.63, 3.8) is 0 Å². The van der Waals surface area contributed by atoms with Crippen molar-refractivity contribution in [1.29, 1.82) is 0 Å². The second-order valence-electron chi connectivity index (χ2n) is 2.93. The van der Waals surface area contributed by atoms with Crippen LogP contribution in [0.15, 0.2) is 24.5 Å². The summed E-state index contributed by atoms with van der Waals surface area (Å²) >= 11 is 4.37. The molecule has 0 aliphatic rings. The number of nitrogens with zero attached hydrogens (tertiary/aromatic N) is 1. The Morgan fingerprint density at radius 1 is 1.54 bits per heavy atom. The van der Waals surface area contributed by atoms with Crippen LogP contribution in [0.5, 0.6) is 0 Å². The smallest absolute Gasteiger partial charge is 0.0931 e. The number of nitrogens with two attached hydrogens (primary N) is 1. The molecule has 1 atom stereocenters. The van der Waals surface area contributed by atoms with Crippen molar-refractivity contribution in [1.82, 2.24) is 9.97 Å². The average molecular weight is 193 g/mol. The van der Waals surface area contributed by atoms with E-state index in [4.69, 9.17) is 5.73 Å². The van der Waals surface area contributed by atoms with Gasteiger partial charge in [-0.25, -0.2) is 4.98 Å². The predicted molar refractivity (Wildman–Crippen MR) is 56.9 cm³/mol. The molecule has 1 aromatic carbocycles. The average Bonchev–Trinajstić information content (AvgIpc) is 2.63. The fourth-order valence-electron chi connectivity index (χ4n) is 1.30. The van der Waals surface area contributed by atoms with Gasteiger partial charge in [0.15, 0.2) is 0 Å². The van der Waals surface area contributed by atoms with Gasteiger partial charge in [-0.1, -0.05) is 6.07 Å². The third-order valence-corrected chi connectivity index (χ3v) is 2.56. The standard InChI is InChI=1S/C9H11N3S/c10-4-9(13)6-1-2-7-8(3-6)12-5-11-7/h1-3,5,9,13H,4,10H2,(H,11,12). The van der Waals surface area contributed by atoms with E-state index in [0.717, 1.165) is 16.6 Å². The first kappa shape index (κ1) is 8.59. The van der Waals surface area contributed by atoms with E-state index in [0.29, 0.717) is 6.54 Å². The molecular formula is C9H11N3S. The molecule has 2 aromatic rings. The summed E-state index contributed by atoms with van der Waals surface area (Å²) < 4.78 is 0. The molecule has 0 saturated heterocycles. The maximum absolute atomic E-state index is 5.52. The molecule has 1 heterocycles. The Kier molecular flexibility index (Phi) is 2.24. The first-order chi connectivity index (χ1) is 6.31. The molecule has 13 heavy (non-hydrogen) atoms. The van der Waals surface area contributed by atoms with Gasteiger partial charge in [0.2, 0.25) is 0 Å². The van der Waals surface area contributed by atoms with Crippen LogP contribution in [-0.2, 0) is 0 Å². The van der Waals surface area contributed by atoms with Crippen LogP contribution in [0.4, 0.5) is 0 Å². The van der Waals surface area contributed by atoms with Gasteiger partial charge in [0, 0.05) is 11.8 Å². The van der Waals surface area contributed by atoms with Gasteiger partial charge in [0.05, 0.1) is 17.4 Å². The molecular weight excluding hydrogens is 182 g/mol. The number of hydrogen-bond donors (Lipinski definition) is 3. The molecule has 0 aliphatic heterocycles. The normalized spacial score (nSPS) is 13.4. The number of aromatic nitrogens is 2. The third-order valence-electron chi connectivity index (χ3n) is 2.05. The van der Waals surface area contributed by atoms with Crippen LogP contribution in [0.25, 0.3) is 11.0 Å². The second kappa shape index (κ2) is 3.40. The van der Waals surface area contributed by atoms with Crippen LogP contribution < -0.4 is 5.73 Å². The summed E-state index contributed by atoms with van der Waals surface area (Å²) in [4.78, 5) is 7.19. The minimum atomic E-state index is 0.104. The number of fused-ring (bicyclic) bond motifs is 1. The van der Waals surface area contributed by atoms with E-state index in [1.54, 1.807) is 6.33 Å². The van der Waals surface area contributed by atoms with E-state index in [9.17, 15) is 0 Å². The SMILES string of the molecule is NCC(S)c1ccc2nc[nH]c2c1. The van der Waals surface area contributed by atoms with Crippen molar-refractivity contribution < 1.29 is 0 Å². The van der Waals surface area contributed by atoms with Crippen molar-refractivity contribution in [2.45, 2.75) is 5.25 Å². The Bertz CT molecular complexity index is 410. The monoisotopic (exact) mass is 193 g/mol. The third kappa shape index (κ3) is 1.55. The zero-order chi connectivity index (χ0) is 9.26. The Labute approximate surface area is 81.8 Å². The number of thiol groups is 1. The van der Waals surface area contributed by atoms with Gasteiger partial charge in [0.1, 0.15) is 0 Å². The molecule has 3 N–H and O–H groups in total. The molecule has 68 valence electrons. The quantitative estimate of drug-likeness (QED) is 0.633. The zero-order valence-electron chi connectivity index (χ0n) is 7.07. The first-order valence-electron chi connectivity index (χ1n) is 4.12. The van der Waals surface area contributed by atoms with E-state index in [2.05, 4.69) is 22.6 Å². The number of hydrogen-bond acceptors (Lipinski definition) is 3. The number of H-pyrrole nitrogens is 1. The summed E-state index contributed by atoms with van der Waals surface area (Å²) in [5.74, 6) is 0. The van der Waals surface area contributed by atoms with Crippen LogP contribution in [0, 0.1) is 0 Å². The van der Waals surface area contributed by atoms with Crippen molar-refractivity contribution in [2.24, 2.45) is 5.73 Å². The Morgan fingerprint density at radius 3 is 3.15 bits per heavy atom. The van der Waals surface area contributed by atoms with E-state index in [-0.39, 0.29) is 5.25 Å². The molecule has 0 aliphatic carbocycles. The summed E-state index contributed by atoms with van der Waals surface area (Å²) in [6.45, 7) is 0.544. The highest BCUT2D eigenvalue weighted by atomic mass is 32.1. The molecule has 0 fully saturated rings. The number of benzene rings is 1. The number of imidazole rings is 1. The lowest BCUT2D eigenvalue weighted by atomic mass is 10.1. The van der Waals surface area contributed by atoms with Crippen LogP contribution in [0.2, 0.25) is 0 Å². The van der Waals surface area contributed by atoms with Crippen molar-refractivity contribution >= 4 is 23.7 Å². The minimum Gasteiger partial charge on any atom is -0.345 e. The van der Waals surface area contributed by atoms with Crippen molar-refractivity contribution in [2.75, 3.05) is 6.54 Å². The molecule has 3 nitrogen and oxygen atoms in total. The van der Waals surface area contributed by atoms with Gasteiger partial charge >= 0.3 is 0 Å². The van der Waals surface area contributed by atoms with Crippen molar-refractivity contribution in [3.05, 3.63) is 30.1 Å². The van der Waals surface area contributed by atoms with E-state index in [1.165, 1.54) is 0 Å². The van der Waals surface area contributed by atoms with Gasteiger partial charge in [0.25, 0.3) is 0 Å². The van der Waals surface area contributed by atoms with Crippen LogP contribution in [-0.4, -0.2) is 16.5 Å². The molecule has 4 heteroatoms. The fraction of sp³-hybridized carbons (Fsp3) is 0.222. The summed E-state index contributed by atoms with van der Waals surface area (Å²) in [5.41, 5.74) is 8.65. The number of nitrogens with one attached hydrogen (secondary N) is 1. The highest BCUT2D eigenvalue weighted by molar-refractivity contribution is 7.80. The molecule has 0 bridgehead atoms. The Balaban J connectivity index is 2.48. The number of rotatable bonds is 2. The summed E-state index contributed by atoms with van der Waals surface area (Å²) in [7, 11) is 0. The molecule has 0 radical (unpaired) electrons. The van der Waals surface area contributed by atoms with Crippen LogP contribution in [0.1, 0.15) is 10.8 Å². The molecule has 0 spiro atoms. The fourth-order valence-corrected chi connectivity index (χ4v) is 1.46.